The SMILES string of the molecule is CN(C)C(=O)CCc1nn(C(=O)OC(C)(C)C)c2cc(OCc3ccccc3)ccc12. The highest BCUT2D eigenvalue weighted by Crippen LogP contribution is 2.26. The summed E-state index contributed by atoms with van der Waals surface area (Å²) in [7, 11) is 3.44. The lowest BCUT2D eigenvalue weighted by Gasteiger charge is -2.19. The molecule has 0 radical (unpaired) electrons. The Labute approximate surface area is 182 Å². The minimum atomic E-state index is -0.655. The van der Waals surface area contributed by atoms with Crippen LogP contribution >= 0.6 is 0 Å². The number of benzene rings is 2. The van der Waals surface area contributed by atoms with Gasteiger partial charge >= 0.3 is 6.09 Å². The normalized spacial score (nSPS) is 11.4. The summed E-state index contributed by atoms with van der Waals surface area (Å²) >= 11 is 0. The molecule has 3 aromatic rings. The van der Waals surface area contributed by atoms with E-state index in [0.717, 1.165) is 10.9 Å². The number of carbonyl (C=O) groups is 2. The van der Waals surface area contributed by atoms with Gasteiger partial charge in [-0.25, -0.2) is 4.79 Å². The second kappa shape index (κ2) is 9.20. The molecule has 0 aliphatic rings. The van der Waals surface area contributed by atoms with Crippen molar-refractivity contribution >= 4 is 22.9 Å². The lowest BCUT2D eigenvalue weighted by atomic mass is 10.1. The first-order valence-electron chi connectivity index (χ1n) is 10.3. The van der Waals surface area contributed by atoms with Crippen LogP contribution in [0, 0.1) is 0 Å². The van der Waals surface area contributed by atoms with Gasteiger partial charge in [0.25, 0.3) is 0 Å². The zero-order chi connectivity index (χ0) is 22.6. The van der Waals surface area contributed by atoms with E-state index in [2.05, 4.69) is 5.10 Å². The van der Waals surface area contributed by atoms with Crippen LogP contribution in [0.1, 0.15) is 38.4 Å². The van der Waals surface area contributed by atoms with Crippen molar-refractivity contribution in [3.8, 4) is 5.75 Å². The molecule has 0 saturated heterocycles. The molecule has 1 heterocycles. The van der Waals surface area contributed by atoms with Crippen molar-refractivity contribution in [2.45, 2.75) is 45.8 Å². The van der Waals surface area contributed by atoms with E-state index < -0.39 is 11.7 Å². The lowest BCUT2D eigenvalue weighted by Crippen LogP contribution is -2.27. The molecule has 164 valence electrons. The van der Waals surface area contributed by atoms with E-state index in [1.165, 1.54) is 4.68 Å². The monoisotopic (exact) mass is 423 g/mol. The largest absolute Gasteiger partial charge is 0.489 e. The Kier molecular flexibility index (Phi) is 6.63. The summed E-state index contributed by atoms with van der Waals surface area (Å²) in [6.45, 7) is 5.84. The van der Waals surface area contributed by atoms with E-state index >= 15 is 0 Å². The Morgan fingerprint density at radius 1 is 1.06 bits per heavy atom. The predicted octanol–water partition coefficient (Wildman–Crippen LogP) is 4.42. The fourth-order valence-corrected chi connectivity index (χ4v) is 3.07. The minimum Gasteiger partial charge on any atom is -0.489 e. The molecule has 0 bridgehead atoms. The zero-order valence-electron chi connectivity index (χ0n) is 18.7. The maximum absolute atomic E-state index is 12.8. The highest BCUT2D eigenvalue weighted by atomic mass is 16.6. The van der Waals surface area contributed by atoms with Crippen molar-refractivity contribution in [3.05, 3.63) is 59.8 Å². The number of carbonyl (C=O) groups excluding carboxylic acids is 2. The smallest absolute Gasteiger partial charge is 0.435 e. The maximum atomic E-state index is 12.8. The van der Waals surface area contributed by atoms with Crippen molar-refractivity contribution in [1.82, 2.24) is 14.7 Å². The van der Waals surface area contributed by atoms with Gasteiger partial charge in [0.15, 0.2) is 0 Å². The fourth-order valence-electron chi connectivity index (χ4n) is 3.07. The Balaban J connectivity index is 1.91. The van der Waals surface area contributed by atoms with E-state index in [-0.39, 0.29) is 5.91 Å². The fraction of sp³-hybridized carbons (Fsp3) is 0.375. The van der Waals surface area contributed by atoms with Crippen LogP contribution in [0.5, 0.6) is 5.75 Å². The third-order valence-corrected chi connectivity index (χ3v) is 4.62. The van der Waals surface area contributed by atoms with Crippen LogP contribution in [0.2, 0.25) is 0 Å². The molecule has 0 unspecified atom stereocenters. The molecule has 1 amide bonds. The highest BCUT2D eigenvalue weighted by Gasteiger charge is 2.23. The number of aryl methyl sites for hydroxylation is 1. The van der Waals surface area contributed by atoms with Gasteiger partial charge in [-0.15, -0.1) is 0 Å². The first kappa shape index (κ1) is 22.3. The van der Waals surface area contributed by atoms with Crippen LogP contribution in [-0.4, -0.2) is 46.4 Å². The van der Waals surface area contributed by atoms with Crippen molar-refractivity contribution in [2.24, 2.45) is 0 Å². The van der Waals surface area contributed by atoms with Gasteiger partial charge in [-0.1, -0.05) is 30.3 Å². The zero-order valence-corrected chi connectivity index (χ0v) is 18.7. The molecule has 0 N–H and O–H groups in total. The van der Waals surface area contributed by atoms with Crippen molar-refractivity contribution in [1.29, 1.82) is 0 Å². The van der Waals surface area contributed by atoms with Gasteiger partial charge in [-0.2, -0.15) is 9.78 Å². The van der Waals surface area contributed by atoms with E-state index in [1.807, 2.05) is 63.2 Å². The molecule has 2 aromatic carbocycles. The molecule has 7 nitrogen and oxygen atoms in total. The Bertz CT molecular complexity index is 1070. The Morgan fingerprint density at radius 2 is 1.77 bits per heavy atom. The molecule has 7 heteroatoms. The van der Waals surface area contributed by atoms with Gasteiger partial charge in [-0.05, 0) is 38.5 Å². The van der Waals surface area contributed by atoms with Crippen LogP contribution in [0.4, 0.5) is 4.79 Å². The molecular weight excluding hydrogens is 394 g/mol. The van der Waals surface area contributed by atoms with Crippen LogP contribution < -0.4 is 4.74 Å². The molecule has 31 heavy (non-hydrogen) atoms. The first-order chi connectivity index (χ1) is 14.6. The van der Waals surface area contributed by atoms with Crippen LogP contribution in [0.3, 0.4) is 0 Å². The van der Waals surface area contributed by atoms with E-state index in [4.69, 9.17) is 9.47 Å². The van der Waals surface area contributed by atoms with Crippen LogP contribution in [-0.2, 0) is 22.6 Å². The topological polar surface area (TPSA) is 73.7 Å². The molecule has 0 fully saturated rings. The van der Waals surface area contributed by atoms with E-state index in [1.54, 1.807) is 25.1 Å². The van der Waals surface area contributed by atoms with Gasteiger partial charge < -0.3 is 14.4 Å². The average Bonchev–Trinajstić information content (AvgIpc) is 3.08. The third kappa shape index (κ3) is 5.84. The molecule has 0 aliphatic heterocycles. The molecule has 1 aromatic heterocycles. The molecule has 0 atom stereocenters. The number of hydrogen-bond acceptors (Lipinski definition) is 5. The number of rotatable bonds is 6. The number of hydrogen-bond donors (Lipinski definition) is 0. The Morgan fingerprint density at radius 3 is 2.42 bits per heavy atom. The molecule has 3 rings (SSSR count). The summed E-state index contributed by atoms with van der Waals surface area (Å²) in [6, 6.07) is 15.4. The molecular formula is C24H29N3O4. The third-order valence-electron chi connectivity index (χ3n) is 4.62. The number of amides is 1. The lowest BCUT2D eigenvalue weighted by molar-refractivity contribution is -0.128. The summed E-state index contributed by atoms with van der Waals surface area (Å²) < 4.78 is 12.7. The minimum absolute atomic E-state index is 0.00258. The van der Waals surface area contributed by atoms with Gasteiger partial charge in [0.1, 0.15) is 18.0 Å². The van der Waals surface area contributed by atoms with Crippen LogP contribution in [0.15, 0.2) is 48.5 Å². The highest BCUT2D eigenvalue weighted by molar-refractivity contribution is 5.91. The summed E-state index contributed by atoms with van der Waals surface area (Å²) in [6.07, 6.45) is 0.163. The number of aromatic nitrogens is 2. The summed E-state index contributed by atoms with van der Waals surface area (Å²) in [5.41, 5.74) is 1.65. The second-order valence-corrected chi connectivity index (χ2v) is 8.58. The van der Waals surface area contributed by atoms with Crippen LogP contribution in [0.25, 0.3) is 10.9 Å². The predicted molar refractivity (Wildman–Crippen MR) is 119 cm³/mol. The molecule has 0 spiro atoms. The quantitative estimate of drug-likeness (QED) is 0.587. The summed E-state index contributed by atoms with van der Waals surface area (Å²) in [4.78, 5) is 26.4. The van der Waals surface area contributed by atoms with E-state index in [9.17, 15) is 9.59 Å². The van der Waals surface area contributed by atoms with Crippen molar-refractivity contribution in [3.63, 3.8) is 0 Å². The van der Waals surface area contributed by atoms with Gasteiger partial charge in [0.2, 0.25) is 5.91 Å². The Hall–Kier alpha value is -3.35. The number of fused-ring (bicyclic) bond motifs is 1. The second-order valence-electron chi connectivity index (χ2n) is 8.58. The summed E-state index contributed by atoms with van der Waals surface area (Å²) in [5.74, 6) is 0.625. The molecule has 0 aliphatic carbocycles. The summed E-state index contributed by atoms with van der Waals surface area (Å²) in [5, 5.41) is 5.28. The van der Waals surface area contributed by atoms with Gasteiger partial charge in [0.05, 0.1) is 11.2 Å². The number of ether oxygens (including phenoxy) is 2. The van der Waals surface area contributed by atoms with Crippen molar-refractivity contribution in [2.75, 3.05) is 14.1 Å². The maximum Gasteiger partial charge on any atom is 0.435 e. The average molecular weight is 424 g/mol. The standard InChI is InChI=1S/C24H29N3O4/c1-24(2,3)31-23(29)27-21-15-18(30-16-17-9-7-6-8-10-17)11-12-19(21)20(25-27)13-14-22(28)26(4)5/h6-12,15H,13-14,16H2,1-5H3. The van der Waals surface area contributed by atoms with E-state index in [0.29, 0.717) is 36.4 Å². The molecule has 0 saturated carbocycles. The van der Waals surface area contributed by atoms with Gasteiger partial charge in [-0.3, -0.25) is 4.79 Å². The number of nitrogens with zero attached hydrogens (tertiary/aromatic N) is 3. The van der Waals surface area contributed by atoms with Crippen molar-refractivity contribution < 1.29 is 19.1 Å². The van der Waals surface area contributed by atoms with Gasteiger partial charge in [0, 0.05) is 38.4 Å². The first-order valence-corrected chi connectivity index (χ1v) is 10.3.